The normalized spacial score (nSPS) is 22.0. The molecule has 1 aromatic heterocycles. The molecule has 0 amide bonds. The van der Waals surface area contributed by atoms with Gasteiger partial charge in [0.15, 0.2) is 0 Å². The summed E-state index contributed by atoms with van der Waals surface area (Å²) < 4.78 is 0.985. The zero-order valence-electron chi connectivity index (χ0n) is 15.0. The van der Waals surface area contributed by atoms with E-state index in [-0.39, 0.29) is 23.2 Å². The van der Waals surface area contributed by atoms with E-state index in [1.807, 2.05) is 60.8 Å². The number of nitrogens with one attached hydrogen (secondary N) is 1. The van der Waals surface area contributed by atoms with Crippen molar-refractivity contribution in [1.82, 2.24) is 4.98 Å². The van der Waals surface area contributed by atoms with Crippen LogP contribution in [-0.4, -0.2) is 22.2 Å². The highest BCUT2D eigenvalue weighted by molar-refractivity contribution is 9.10. The van der Waals surface area contributed by atoms with E-state index in [9.17, 15) is 14.9 Å². The molecule has 2 aromatic carbocycles. The second-order valence-corrected chi connectivity index (χ2v) is 8.05. The molecule has 3 atom stereocenters. The highest BCUT2D eigenvalue weighted by Gasteiger charge is 2.41. The number of hydrogen-bond donors (Lipinski definition) is 1. The molecule has 1 N–H and O–H groups in total. The Labute approximate surface area is 170 Å². The van der Waals surface area contributed by atoms with Gasteiger partial charge >= 0.3 is 0 Å². The first-order chi connectivity index (χ1) is 13.6. The van der Waals surface area contributed by atoms with Gasteiger partial charge in [-0.2, -0.15) is 0 Å². The van der Waals surface area contributed by atoms with Gasteiger partial charge in [-0.15, -0.1) is 0 Å². The quantitative estimate of drug-likeness (QED) is 0.344. The fourth-order valence-corrected chi connectivity index (χ4v) is 4.97. The van der Waals surface area contributed by atoms with Crippen LogP contribution in [0.4, 0.5) is 0 Å². The van der Waals surface area contributed by atoms with Gasteiger partial charge in [-0.25, -0.2) is 0 Å². The molecule has 1 heterocycles. The Morgan fingerprint density at radius 1 is 1.18 bits per heavy atom. The fraction of sp³-hybridized carbons (Fsp3) is 0.227. The number of benzene rings is 2. The first kappa shape index (κ1) is 18.6. The van der Waals surface area contributed by atoms with Gasteiger partial charge in [0.25, 0.3) is 0 Å². The van der Waals surface area contributed by atoms with Gasteiger partial charge in [-0.05, 0) is 41.2 Å². The first-order valence-electron chi connectivity index (χ1n) is 9.17. The number of fused-ring (bicyclic) bond motifs is 1. The van der Waals surface area contributed by atoms with Crippen molar-refractivity contribution in [1.29, 1.82) is 0 Å². The van der Waals surface area contributed by atoms with E-state index >= 15 is 0 Å². The molecule has 4 rings (SSSR count). The monoisotopic (exact) mass is 438 g/mol. The van der Waals surface area contributed by atoms with E-state index in [1.54, 1.807) is 0 Å². The van der Waals surface area contributed by atoms with Gasteiger partial charge in [-0.3, -0.25) is 14.9 Å². The first-order valence-corrected chi connectivity index (χ1v) is 9.96. The number of aldehydes is 1. The van der Waals surface area contributed by atoms with Crippen molar-refractivity contribution in [3.05, 3.63) is 92.1 Å². The van der Waals surface area contributed by atoms with Crippen LogP contribution in [0, 0.1) is 16.0 Å². The van der Waals surface area contributed by atoms with E-state index in [4.69, 9.17) is 0 Å². The number of nitro groups is 1. The maximum atomic E-state index is 11.9. The number of aromatic amines is 1. The second-order valence-electron chi connectivity index (χ2n) is 7.20. The number of nitrogens with zero attached hydrogens (tertiary/aromatic N) is 1. The highest BCUT2D eigenvalue weighted by atomic mass is 79.9. The molecule has 0 unspecified atom stereocenters. The molecule has 1 aliphatic carbocycles. The molecule has 0 spiro atoms. The second kappa shape index (κ2) is 7.72. The van der Waals surface area contributed by atoms with Crippen molar-refractivity contribution in [3.63, 3.8) is 0 Å². The van der Waals surface area contributed by atoms with Crippen LogP contribution in [-0.2, 0) is 11.2 Å². The molecule has 0 radical (unpaired) electrons. The predicted octanol–water partition coefficient (Wildman–Crippen LogP) is 5.05. The number of hydrogen-bond acceptors (Lipinski definition) is 3. The lowest BCUT2D eigenvalue weighted by Gasteiger charge is -2.32. The van der Waals surface area contributed by atoms with Crippen LogP contribution in [0.5, 0.6) is 0 Å². The van der Waals surface area contributed by atoms with Crippen LogP contribution in [0.3, 0.4) is 0 Å². The third-order valence-corrected chi connectivity index (χ3v) is 6.21. The molecule has 5 nitrogen and oxygen atoms in total. The molecule has 0 aliphatic heterocycles. The van der Waals surface area contributed by atoms with Crippen LogP contribution in [0.1, 0.15) is 23.5 Å². The molecule has 6 heteroatoms. The third kappa shape index (κ3) is 3.40. The van der Waals surface area contributed by atoms with Crippen LogP contribution in [0.15, 0.2) is 70.8 Å². The van der Waals surface area contributed by atoms with E-state index in [1.165, 1.54) is 0 Å². The molecular weight excluding hydrogens is 420 g/mol. The molecule has 0 bridgehead atoms. The summed E-state index contributed by atoms with van der Waals surface area (Å²) in [5.41, 5.74) is 3.55. The summed E-state index contributed by atoms with van der Waals surface area (Å²) in [6.07, 6.45) is 5.44. The maximum absolute atomic E-state index is 11.9. The van der Waals surface area contributed by atoms with Gasteiger partial charge in [-0.1, -0.05) is 58.4 Å². The van der Waals surface area contributed by atoms with E-state index in [0.29, 0.717) is 12.0 Å². The molecule has 0 saturated heterocycles. The molecule has 3 aromatic rings. The number of aromatic nitrogens is 1. The van der Waals surface area contributed by atoms with E-state index < -0.39 is 6.04 Å². The van der Waals surface area contributed by atoms with Crippen molar-refractivity contribution in [2.45, 2.75) is 24.8 Å². The molecule has 28 heavy (non-hydrogen) atoms. The number of halogens is 1. The number of carbonyl (C=O) groups is 1. The lowest BCUT2D eigenvalue weighted by atomic mass is 9.71. The molecule has 0 fully saturated rings. The Bertz CT molecular complexity index is 1060. The standard InChI is InChI=1S/C22H19BrN2O3/c23-18-7-4-8-19-22(18)17(12-24-19)11-16-9-14(13-26)10-20(25(27)28)21(16)15-5-2-1-3-6-15/h1-9,12-13,16,20-21,24H,10-11H2/t16-,20+,21-/m1/s1. The summed E-state index contributed by atoms with van der Waals surface area (Å²) in [7, 11) is 0. The Morgan fingerprint density at radius 3 is 2.68 bits per heavy atom. The van der Waals surface area contributed by atoms with Crippen molar-refractivity contribution in [2.24, 2.45) is 5.92 Å². The zero-order chi connectivity index (χ0) is 19.7. The lowest BCUT2D eigenvalue weighted by Crippen LogP contribution is -2.36. The van der Waals surface area contributed by atoms with Crippen molar-refractivity contribution in [3.8, 4) is 0 Å². The van der Waals surface area contributed by atoms with Crippen LogP contribution in [0.25, 0.3) is 10.9 Å². The van der Waals surface area contributed by atoms with E-state index in [0.717, 1.165) is 32.8 Å². The lowest BCUT2D eigenvalue weighted by molar-refractivity contribution is -0.528. The Kier molecular flexibility index (Phi) is 5.13. The van der Waals surface area contributed by atoms with Gasteiger partial charge in [0.1, 0.15) is 6.29 Å². The largest absolute Gasteiger partial charge is 0.361 e. The van der Waals surface area contributed by atoms with Gasteiger partial charge in [0.05, 0.1) is 5.92 Å². The Balaban J connectivity index is 1.80. The highest BCUT2D eigenvalue weighted by Crippen LogP contribution is 2.41. The minimum absolute atomic E-state index is 0.141. The topological polar surface area (TPSA) is 76.0 Å². The van der Waals surface area contributed by atoms with Crippen molar-refractivity contribution < 1.29 is 9.72 Å². The summed E-state index contributed by atoms with van der Waals surface area (Å²) in [6.45, 7) is 0. The number of H-pyrrole nitrogens is 1. The maximum Gasteiger partial charge on any atom is 0.224 e. The average Bonchev–Trinajstić information content (AvgIpc) is 3.12. The Morgan fingerprint density at radius 2 is 1.96 bits per heavy atom. The van der Waals surface area contributed by atoms with Gasteiger partial charge in [0, 0.05) is 32.9 Å². The summed E-state index contributed by atoms with van der Waals surface area (Å²) in [5, 5.41) is 12.9. The molecule has 1 aliphatic rings. The van der Waals surface area contributed by atoms with Crippen molar-refractivity contribution >= 4 is 33.1 Å². The van der Waals surface area contributed by atoms with Gasteiger partial charge < -0.3 is 4.98 Å². The SMILES string of the molecule is O=CC1=C[C@H](Cc2c[nH]c3cccc(Br)c23)[C@@H](c2ccccc2)[C@@H]([N+](=O)[O-])C1. The molecular formula is C22H19BrN2O3. The summed E-state index contributed by atoms with van der Waals surface area (Å²) >= 11 is 3.61. The minimum atomic E-state index is -0.814. The minimum Gasteiger partial charge on any atom is -0.361 e. The predicted molar refractivity (Wildman–Crippen MR) is 112 cm³/mol. The summed E-state index contributed by atoms with van der Waals surface area (Å²) in [5.74, 6) is -0.426. The number of allylic oxidation sites excluding steroid dienone is 1. The summed E-state index contributed by atoms with van der Waals surface area (Å²) in [4.78, 5) is 26.4. The van der Waals surface area contributed by atoms with Crippen LogP contribution in [0.2, 0.25) is 0 Å². The fourth-order valence-electron chi connectivity index (χ4n) is 4.35. The summed E-state index contributed by atoms with van der Waals surface area (Å²) in [6, 6.07) is 14.8. The number of carbonyl (C=O) groups excluding carboxylic acids is 1. The average molecular weight is 439 g/mol. The molecule has 0 saturated carbocycles. The zero-order valence-corrected chi connectivity index (χ0v) is 16.6. The molecule has 142 valence electrons. The van der Waals surface area contributed by atoms with Crippen molar-refractivity contribution in [2.75, 3.05) is 0 Å². The third-order valence-electron chi connectivity index (χ3n) is 5.55. The van der Waals surface area contributed by atoms with E-state index in [2.05, 4.69) is 20.9 Å². The van der Waals surface area contributed by atoms with Crippen LogP contribution < -0.4 is 0 Å². The Hall–Kier alpha value is -2.73. The number of rotatable bonds is 5. The van der Waals surface area contributed by atoms with Crippen LogP contribution >= 0.6 is 15.9 Å². The smallest absolute Gasteiger partial charge is 0.224 e. The van der Waals surface area contributed by atoms with Gasteiger partial charge in [0.2, 0.25) is 6.04 Å².